The second kappa shape index (κ2) is 9.67. The maximum atomic E-state index is 13.7. The summed E-state index contributed by atoms with van der Waals surface area (Å²) in [6.45, 7) is 2.05. The molecule has 7 heteroatoms. The van der Waals surface area contributed by atoms with Gasteiger partial charge in [0.2, 0.25) is 5.75 Å². The van der Waals surface area contributed by atoms with Crippen LogP contribution in [0.15, 0.2) is 70.2 Å². The molecule has 0 fully saturated rings. The summed E-state index contributed by atoms with van der Waals surface area (Å²) in [5.41, 5.74) is 4.45. The molecule has 0 aliphatic carbocycles. The maximum absolute atomic E-state index is 13.7. The van der Waals surface area contributed by atoms with Gasteiger partial charge in [0, 0.05) is 16.5 Å². The first-order valence-corrected chi connectivity index (χ1v) is 11.3. The van der Waals surface area contributed by atoms with Crippen LogP contribution in [0.5, 0.6) is 17.2 Å². The van der Waals surface area contributed by atoms with Gasteiger partial charge < -0.3 is 14.2 Å². The van der Waals surface area contributed by atoms with E-state index in [-0.39, 0.29) is 11.9 Å². The number of benzene rings is 3. The third kappa shape index (κ3) is 4.59. The van der Waals surface area contributed by atoms with Crippen LogP contribution in [0.2, 0.25) is 0 Å². The zero-order chi connectivity index (χ0) is 23.5. The number of carbonyl (C=O) groups excluding carboxylic acids is 1. The molecule has 1 aliphatic heterocycles. The molecule has 0 aromatic heterocycles. The predicted octanol–water partition coefficient (Wildman–Crippen LogP) is 5.77. The molecular formula is C26H25BrN2O4. The zero-order valence-electron chi connectivity index (χ0n) is 19.0. The fourth-order valence-corrected chi connectivity index (χ4v) is 4.16. The van der Waals surface area contributed by atoms with E-state index in [1.165, 1.54) is 26.9 Å². The van der Waals surface area contributed by atoms with E-state index in [2.05, 4.69) is 28.1 Å². The largest absolute Gasteiger partial charge is 0.493 e. The molecule has 1 unspecified atom stereocenters. The number of nitrogens with zero attached hydrogens (tertiary/aromatic N) is 2. The number of methoxy groups -OCH3 is 3. The Morgan fingerprint density at radius 2 is 1.55 bits per heavy atom. The van der Waals surface area contributed by atoms with E-state index < -0.39 is 0 Å². The molecule has 1 aliphatic rings. The summed E-state index contributed by atoms with van der Waals surface area (Å²) in [6, 6.07) is 19.2. The van der Waals surface area contributed by atoms with E-state index in [0.29, 0.717) is 29.2 Å². The topological polar surface area (TPSA) is 60.4 Å². The van der Waals surface area contributed by atoms with Gasteiger partial charge in [0.1, 0.15) is 0 Å². The Kier molecular flexibility index (Phi) is 6.70. The molecule has 1 amide bonds. The van der Waals surface area contributed by atoms with Crippen LogP contribution >= 0.6 is 15.9 Å². The summed E-state index contributed by atoms with van der Waals surface area (Å²) in [5, 5.41) is 6.33. The van der Waals surface area contributed by atoms with Gasteiger partial charge in [0.15, 0.2) is 11.5 Å². The summed E-state index contributed by atoms with van der Waals surface area (Å²) in [4.78, 5) is 13.7. The number of rotatable bonds is 6. The number of amides is 1. The minimum absolute atomic E-state index is 0.235. The first-order chi connectivity index (χ1) is 15.9. The molecule has 4 rings (SSSR count). The van der Waals surface area contributed by atoms with Gasteiger partial charge in [0.05, 0.1) is 33.1 Å². The number of carbonyl (C=O) groups is 1. The number of hydrazone groups is 1. The Balaban J connectivity index is 1.77. The van der Waals surface area contributed by atoms with Crippen molar-refractivity contribution in [3.63, 3.8) is 0 Å². The van der Waals surface area contributed by atoms with E-state index in [0.717, 1.165) is 21.3 Å². The quantitative estimate of drug-likeness (QED) is 0.423. The minimum atomic E-state index is -0.246. The minimum Gasteiger partial charge on any atom is -0.493 e. The van der Waals surface area contributed by atoms with Crippen molar-refractivity contribution >= 4 is 27.5 Å². The van der Waals surface area contributed by atoms with Gasteiger partial charge in [-0.1, -0.05) is 57.9 Å². The Labute approximate surface area is 201 Å². The maximum Gasteiger partial charge on any atom is 0.274 e. The number of hydrogen-bond acceptors (Lipinski definition) is 5. The molecule has 0 bridgehead atoms. The van der Waals surface area contributed by atoms with E-state index in [9.17, 15) is 4.79 Å². The summed E-state index contributed by atoms with van der Waals surface area (Å²) in [5.74, 6) is 1.03. The van der Waals surface area contributed by atoms with Crippen molar-refractivity contribution in [2.45, 2.75) is 19.4 Å². The Morgan fingerprint density at radius 1 is 0.939 bits per heavy atom. The van der Waals surface area contributed by atoms with E-state index >= 15 is 0 Å². The van der Waals surface area contributed by atoms with Gasteiger partial charge in [-0.3, -0.25) is 4.79 Å². The Morgan fingerprint density at radius 3 is 2.09 bits per heavy atom. The predicted molar refractivity (Wildman–Crippen MR) is 131 cm³/mol. The van der Waals surface area contributed by atoms with Gasteiger partial charge in [-0.25, -0.2) is 5.01 Å². The van der Waals surface area contributed by atoms with Crippen molar-refractivity contribution in [1.82, 2.24) is 5.01 Å². The molecular weight excluding hydrogens is 484 g/mol. The Hall–Kier alpha value is -3.32. The van der Waals surface area contributed by atoms with Crippen LogP contribution in [0.4, 0.5) is 0 Å². The lowest BCUT2D eigenvalue weighted by Gasteiger charge is -2.23. The van der Waals surface area contributed by atoms with Crippen LogP contribution in [0, 0.1) is 6.92 Å². The standard InChI is InChI=1S/C26H25BrN2O4/c1-16-5-7-17(8-6-16)21-15-22(18-9-11-20(27)12-10-18)29(28-21)26(30)19-13-23(31-2)25(33-4)24(14-19)32-3/h5-14,22H,15H2,1-4H3. The molecule has 3 aromatic rings. The van der Waals surface area contributed by atoms with Crippen molar-refractivity contribution in [1.29, 1.82) is 0 Å². The number of halogens is 1. The highest BCUT2D eigenvalue weighted by atomic mass is 79.9. The summed E-state index contributed by atoms with van der Waals surface area (Å²) in [6.07, 6.45) is 0.612. The normalized spacial score (nSPS) is 15.2. The van der Waals surface area contributed by atoms with Gasteiger partial charge in [0.25, 0.3) is 5.91 Å². The molecule has 170 valence electrons. The van der Waals surface area contributed by atoms with Gasteiger partial charge in [-0.2, -0.15) is 5.10 Å². The highest BCUT2D eigenvalue weighted by Crippen LogP contribution is 2.40. The SMILES string of the molecule is COc1cc(C(=O)N2N=C(c3ccc(C)cc3)CC2c2ccc(Br)cc2)cc(OC)c1OC. The molecule has 0 spiro atoms. The number of ether oxygens (including phenoxy) is 3. The van der Waals surface area contributed by atoms with Crippen molar-refractivity contribution in [2.75, 3.05) is 21.3 Å². The van der Waals surface area contributed by atoms with E-state index in [4.69, 9.17) is 19.3 Å². The average Bonchev–Trinajstić information content (AvgIpc) is 3.28. The second-order valence-electron chi connectivity index (χ2n) is 7.75. The molecule has 0 saturated heterocycles. The first kappa shape index (κ1) is 22.9. The molecule has 6 nitrogen and oxygen atoms in total. The summed E-state index contributed by atoms with van der Waals surface area (Å²) >= 11 is 3.49. The smallest absolute Gasteiger partial charge is 0.274 e. The molecule has 0 saturated carbocycles. The molecule has 1 atom stereocenters. The van der Waals surface area contributed by atoms with Gasteiger partial charge in [-0.05, 0) is 42.3 Å². The summed E-state index contributed by atoms with van der Waals surface area (Å²) in [7, 11) is 4.59. The highest BCUT2D eigenvalue weighted by Gasteiger charge is 2.34. The van der Waals surface area contributed by atoms with Crippen molar-refractivity contribution in [3.05, 3.63) is 87.4 Å². The molecule has 0 N–H and O–H groups in total. The van der Waals surface area contributed by atoms with Crippen molar-refractivity contribution in [2.24, 2.45) is 5.10 Å². The monoisotopic (exact) mass is 508 g/mol. The van der Waals surface area contributed by atoms with E-state index in [1.807, 2.05) is 43.3 Å². The molecule has 0 radical (unpaired) electrons. The van der Waals surface area contributed by atoms with Gasteiger partial charge in [-0.15, -0.1) is 0 Å². The lowest BCUT2D eigenvalue weighted by Crippen LogP contribution is -2.27. The van der Waals surface area contributed by atoms with Gasteiger partial charge >= 0.3 is 0 Å². The third-order valence-electron chi connectivity index (χ3n) is 5.67. The fraction of sp³-hybridized carbons (Fsp3) is 0.231. The molecule has 1 heterocycles. The number of hydrogen-bond donors (Lipinski definition) is 0. The molecule has 3 aromatic carbocycles. The lowest BCUT2D eigenvalue weighted by atomic mass is 9.97. The van der Waals surface area contributed by atoms with Crippen LogP contribution in [-0.4, -0.2) is 38.0 Å². The van der Waals surface area contributed by atoms with Crippen LogP contribution in [0.3, 0.4) is 0 Å². The van der Waals surface area contributed by atoms with E-state index in [1.54, 1.807) is 17.1 Å². The third-order valence-corrected chi connectivity index (χ3v) is 6.20. The van der Waals surface area contributed by atoms with Crippen molar-refractivity contribution < 1.29 is 19.0 Å². The summed E-state index contributed by atoms with van der Waals surface area (Å²) < 4.78 is 17.3. The van der Waals surface area contributed by atoms with Crippen LogP contribution in [0.25, 0.3) is 0 Å². The van der Waals surface area contributed by atoms with Crippen LogP contribution in [0.1, 0.15) is 39.5 Å². The zero-order valence-corrected chi connectivity index (χ0v) is 20.5. The average molecular weight is 509 g/mol. The first-order valence-electron chi connectivity index (χ1n) is 10.5. The lowest BCUT2D eigenvalue weighted by molar-refractivity contribution is 0.0710. The van der Waals surface area contributed by atoms with Crippen molar-refractivity contribution in [3.8, 4) is 17.2 Å². The fourth-order valence-electron chi connectivity index (χ4n) is 3.90. The van der Waals surface area contributed by atoms with Crippen LogP contribution in [-0.2, 0) is 0 Å². The van der Waals surface area contributed by atoms with Crippen LogP contribution < -0.4 is 14.2 Å². The Bertz CT molecular complexity index is 1160. The second-order valence-corrected chi connectivity index (χ2v) is 8.66. The number of aryl methyl sites for hydroxylation is 1. The molecule has 33 heavy (non-hydrogen) atoms. The highest BCUT2D eigenvalue weighted by molar-refractivity contribution is 9.10.